The van der Waals surface area contributed by atoms with E-state index in [-0.39, 0.29) is 5.91 Å². The predicted octanol–water partition coefficient (Wildman–Crippen LogP) is 1.36. The number of nitrogens with zero attached hydrogens (tertiary/aromatic N) is 6. The molecular weight excluding hydrogens is 320 g/mol. The number of hydrogen-bond acceptors (Lipinski definition) is 6. The summed E-state index contributed by atoms with van der Waals surface area (Å²) in [6.45, 7) is 3.16. The van der Waals surface area contributed by atoms with E-state index in [1.807, 2.05) is 22.1 Å². The molecule has 130 valence electrons. The molecule has 4 rings (SSSR count). The number of carbonyl (C=O) groups is 1. The molecule has 0 atom stereocenters. The van der Waals surface area contributed by atoms with Crippen LogP contribution < -0.4 is 4.90 Å². The maximum atomic E-state index is 12.3. The minimum atomic E-state index is 0.131. The topological polar surface area (TPSA) is 91.2 Å². The SMILES string of the molecule is N#Cc1nc(C2CC2)oc1N1CCN(C(=O)CCn2cccn2)CC1. The number of piperazine rings is 1. The minimum Gasteiger partial charge on any atom is -0.423 e. The Balaban J connectivity index is 1.33. The third kappa shape index (κ3) is 3.36. The summed E-state index contributed by atoms with van der Waals surface area (Å²) in [5, 5.41) is 13.4. The highest BCUT2D eigenvalue weighted by Crippen LogP contribution is 2.41. The van der Waals surface area contributed by atoms with E-state index in [1.54, 1.807) is 10.9 Å². The Morgan fingerprint density at radius 1 is 1.32 bits per heavy atom. The van der Waals surface area contributed by atoms with Gasteiger partial charge in [-0.15, -0.1) is 0 Å². The van der Waals surface area contributed by atoms with Crippen molar-refractivity contribution in [1.82, 2.24) is 19.7 Å². The molecule has 0 radical (unpaired) electrons. The Hall–Kier alpha value is -2.82. The first-order chi connectivity index (χ1) is 12.2. The first-order valence-electron chi connectivity index (χ1n) is 8.65. The van der Waals surface area contributed by atoms with E-state index in [0.29, 0.717) is 62.5 Å². The van der Waals surface area contributed by atoms with Crippen LogP contribution in [0.3, 0.4) is 0 Å². The third-order valence-electron chi connectivity index (χ3n) is 4.69. The second-order valence-corrected chi connectivity index (χ2v) is 6.48. The molecule has 0 aromatic carbocycles. The first kappa shape index (κ1) is 15.7. The lowest BCUT2D eigenvalue weighted by molar-refractivity contribution is -0.131. The predicted molar refractivity (Wildman–Crippen MR) is 88.8 cm³/mol. The molecule has 0 spiro atoms. The van der Waals surface area contributed by atoms with Gasteiger partial charge in [0.2, 0.25) is 23.4 Å². The first-order valence-corrected chi connectivity index (χ1v) is 8.65. The number of aromatic nitrogens is 3. The lowest BCUT2D eigenvalue weighted by atomic mass is 10.2. The number of oxazole rings is 1. The van der Waals surface area contributed by atoms with E-state index in [1.165, 1.54) is 0 Å². The summed E-state index contributed by atoms with van der Waals surface area (Å²) in [6, 6.07) is 3.98. The van der Waals surface area contributed by atoms with Crippen LogP contribution in [0, 0.1) is 11.3 Å². The highest BCUT2D eigenvalue weighted by molar-refractivity contribution is 5.76. The van der Waals surface area contributed by atoms with Gasteiger partial charge < -0.3 is 14.2 Å². The zero-order valence-electron chi connectivity index (χ0n) is 14.0. The molecule has 1 aliphatic heterocycles. The number of anilines is 1. The van der Waals surface area contributed by atoms with E-state index in [2.05, 4.69) is 16.2 Å². The lowest BCUT2D eigenvalue weighted by Gasteiger charge is -2.34. The molecule has 1 aliphatic carbocycles. The number of carbonyl (C=O) groups excluding carboxylic acids is 1. The van der Waals surface area contributed by atoms with Crippen LogP contribution in [-0.4, -0.2) is 51.8 Å². The summed E-state index contributed by atoms with van der Waals surface area (Å²) in [6.07, 6.45) is 6.19. The summed E-state index contributed by atoms with van der Waals surface area (Å²) >= 11 is 0. The molecule has 0 N–H and O–H groups in total. The van der Waals surface area contributed by atoms with E-state index in [4.69, 9.17) is 4.42 Å². The molecule has 2 aromatic heterocycles. The van der Waals surface area contributed by atoms with Crippen molar-refractivity contribution in [2.45, 2.75) is 31.7 Å². The van der Waals surface area contributed by atoms with Gasteiger partial charge in [-0.2, -0.15) is 10.4 Å². The van der Waals surface area contributed by atoms with Crippen molar-refractivity contribution in [3.8, 4) is 6.07 Å². The average Bonchev–Trinajstić information content (AvgIpc) is 3.20. The summed E-state index contributed by atoms with van der Waals surface area (Å²) in [7, 11) is 0. The maximum Gasteiger partial charge on any atom is 0.234 e. The number of hydrogen-bond donors (Lipinski definition) is 0. The molecule has 0 unspecified atom stereocenters. The normalized spacial score (nSPS) is 17.6. The van der Waals surface area contributed by atoms with Crippen molar-refractivity contribution < 1.29 is 9.21 Å². The van der Waals surface area contributed by atoms with Gasteiger partial charge in [-0.1, -0.05) is 0 Å². The van der Waals surface area contributed by atoms with Gasteiger partial charge in [-0.25, -0.2) is 4.98 Å². The summed E-state index contributed by atoms with van der Waals surface area (Å²) < 4.78 is 7.60. The highest BCUT2D eigenvalue weighted by atomic mass is 16.4. The number of nitriles is 1. The van der Waals surface area contributed by atoms with Crippen molar-refractivity contribution in [1.29, 1.82) is 5.26 Å². The molecule has 3 heterocycles. The molecule has 1 amide bonds. The van der Waals surface area contributed by atoms with Crippen molar-refractivity contribution in [2.24, 2.45) is 0 Å². The maximum absolute atomic E-state index is 12.3. The molecule has 1 saturated carbocycles. The lowest BCUT2D eigenvalue weighted by Crippen LogP contribution is -2.49. The second-order valence-electron chi connectivity index (χ2n) is 6.48. The Kier molecular flexibility index (Phi) is 4.14. The van der Waals surface area contributed by atoms with E-state index in [9.17, 15) is 10.1 Å². The van der Waals surface area contributed by atoms with Crippen LogP contribution in [0.25, 0.3) is 0 Å². The number of rotatable bonds is 5. The summed E-state index contributed by atoms with van der Waals surface area (Å²) in [5.41, 5.74) is 0.361. The molecule has 2 aliphatic rings. The van der Waals surface area contributed by atoms with Gasteiger partial charge in [0.05, 0.1) is 0 Å². The minimum absolute atomic E-state index is 0.131. The average molecular weight is 340 g/mol. The Labute approximate surface area is 145 Å². The third-order valence-corrected chi connectivity index (χ3v) is 4.69. The van der Waals surface area contributed by atoms with Crippen molar-refractivity contribution in [3.05, 3.63) is 30.0 Å². The van der Waals surface area contributed by atoms with Crippen LogP contribution in [-0.2, 0) is 11.3 Å². The van der Waals surface area contributed by atoms with Gasteiger partial charge in [0.15, 0.2) is 0 Å². The molecule has 2 fully saturated rings. The van der Waals surface area contributed by atoms with Crippen molar-refractivity contribution in [3.63, 3.8) is 0 Å². The van der Waals surface area contributed by atoms with E-state index in [0.717, 1.165) is 12.8 Å². The fourth-order valence-electron chi connectivity index (χ4n) is 3.08. The second kappa shape index (κ2) is 6.59. The molecule has 0 bridgehead atoms. The number of aryl methyl sites for hydroxylation is 1. The zero-order valence-corrected chi connectivity index (χ0v) is 14.0. The number of amides is 1. The summed E-state index contributed by atoms with van der Waals surface area (Å²) in [5.74, 6) is 1.76. The smallest absolute Gasteiger partial charge is 0.234 e. The van der Waals surface area contributed by atoms with Gasteiger partial charge in [-0.3, -0.25) is 9.48 Å². The molecule has 8 nitrogen and oxygen atoms in total. The largest absolute Gasteiger partial charge is 0.423 e. The van der Waals surface area contributed by atoms with Crippen LogP contribution in [0.4, 0.5) is 5.88 Å². The molecule has 2 aromatic rings. The van der Waals surface area contributed by atoms with Crippen LogP contribution in [0.2, 0.25) is 0 Å². The van der Waals surface area contributed by atoms with E-state index < -0.39 is 0 Å². The van der Waals surface area contributed by atoms with Crippen LogP contribution in [0.1, 0.15) is 36.8 Å². The fourth-order valence-corrected chi connectivity index (χ4v) is 3.08. The Bertz CT molecular complexity index is 779. The van der Waals surface area contributed by atoms with Gasteiger partial charge in [0.25, 0.3) is 0 Å². The quantitative estimate of drug-likeness (QED) is 0.816. The monoisotopic (exact) mass is 340 g/mol. The van der Waals surface area contributed by atoms with Gasteiger partial charge >= 0.3 is 0 Å². The van der Waals surface area contributed by atoms with Crippen molar-refractivity contribution >= 4 is 11.8 Å². The standard InChI is InChI=1S/C17H20N6O2/c18-12-14-17(25-16(20-14)13-2-3-13)22-10-8-21(9-11-22)15(24)4-7-23-6-1-5-19-23/h1,5-6,13H,2-4,7-11H2. The molecular formula is C17H20N6O2. The summed E-state index contributed by atoms with van der Waals surface area (Å²) in [4.78, 5) is 20.5. The zero-order chi connectivity index (χ0) is 17.2. The van der Waals surface area contributed by atoms with Crippen molar-refractivity contribution in [2.75, 3.05) is 31.1 Å². The molecule has 1 saturated heterocycles. The van der Waals surface area contributed by atoms with Gasteiger partial charge in [-0.05, 0) is 18.9 Å². The van der Waals surface area contributed by atoms with Crippen LogP contribution >= 0.6 is 0 Å². The fraction of sp³-hybridized carbons (Fsp3) is 0.529. The molecule has 25 heavy (non-hydrogen) atoms. The van der Waals surface area contributed by atoms with Crippen LogP contribution in [0.15, 0.2) is 22.9 Å². The Morgan fingerprint density at radius 3 is 2.76 bits per heavy atom. The highest BCUT2D eigenvalue weighted by Gasteiger charge is 2.32. The van der Waals surface area contributed by atoms with Crippen LogP contribution in [0.5, 0.6) is 0 Å². The van der Waals surface area contributed by atoms with Gasteiger partial charge in [0, 0.05) is 57.5 Å². The Morgan fingerprint density at radius 2 is 2.12 bits per heavy atom. The molecule has 8 heteroatoms. The van der Waals surface area contributed by atoms with E-state index >= 15 is 0 Å². The van der Waals surface area contributed by atoms with Gasteiger partial charge in [0.1, 0.15) is 6.07 Å².